The summed E-state index contributed by atoms with van der Waals surface area (Å²) in [6.45, 7) is 1.78. The monoisotopic (exact) mass is 472 g/mol. The predicted molar refractivity (Wildman–Crippen MR) is 114 cm³/mol. The lowest BCUT2D eigenvalue weighted by atomic mass is 10.1. The van der Waals surface area contributed by atoms with E-state index in [9.17, 15) is 17.6 Å². The van der Waals surface area contributed by atoms with E-state index in [1.807, 2.05) is 0 Å². The normalized spacial score (nSPS) is 12.4. The Morgan fingerprint density at radius 2 is 1.69 bits per heavy atom. The van der Waals surface area contributed by atoms with Crippen LogP contribution in [-0.2, 0) is 10.0 Å². The van der Waals surface area contributed by atoms with Crippen LogP contribution in [0.15, 0.2) is 59.5 Å². The Labute approximate surface area is 181 Å². The van der Waals surface area contributed by atoms with Crippen molar-refractivity contribution in [2.24, 2.45) is 0 Å². The number of benzene rings is 2. The van der Waals surface area contributed by atoms with Gasteiger partial charge in [0.15, 0.2) is 0 Å². The van der Waals surface area contributed by atoms with Gasteiger partial charge in [0.1, 0.15) is 15.0 Å². The van der Waals surface area contributed by atoms with Crippen molar-refractivity contribution in [2.75, 3.05) is 4.72 Å². The molecule has 0 aliphatic carbocycles. The smallest absolute Gasteiger partial charge is 0.264 e. The first-order valence-corrected chi connectivity index (χ1v) is 11.4. The van der Waals surface area contributed by atoms with Crippen molar-refractivity contribution in [1.29, 1.82) is 0 Å². The molecular formula is C19H15Cl2FN2O3S2. The minimum absolute atomic E-state index is 0.0632. The first-order valence-electron chi connectivity index (χ1n) is 8.30. The lowest BCUT2D eigenvalue weighted by Crippen LogP contribution is -2.26. The van der Waals surface area contributed by atoms with Gasteiger partial charge in [0.2, 0.25) is 0 Å². The van der Waals surface area contributed by atoms with Crippen LogP contribution in [0.2, 0.25) is 8.67 Å². The Kier molecular flexibility index (Phi) is 6.48. The van der Waals surface area contributed by atoms with E-state index in [-0.39, 0.29) is 37.0 Å². The Bertz CT molecular complexity index is 1130. The third kappa shape index (κ3) is 5.27. The Morgan fingerprint density at radius 3 is 2.24 bits per heavy atom. The van der Waals surface area contributed by atoms with E-state index >= 15 is 0 Å². The molecule has 1 atom stereocenters. The molecule has 2 aromatic carbocycles. The molecule has 1 heterocycles. The number of halogens is 3. The van der Waals surface area contributed by atoms with Gasteiger partial charge in [0, 0.05) is 11.3 Å². The molecule has 0 unspecified atom stereocenters. The quantitative estimate of drug-likeness (QED) is 0.498. The van der Waals surface area contributed by atoms with E-state index in [1.54, 1.807) is 19.1 Å². The summed E-state index contributed by atoms with van der Waals surface area (Å²) in [7, 11) is -3.90. The van der Waals surface area contributed by atoms with Crippen LogP contribution in [0.3, 0.4) is 0 Å². The summed E-state index contributed by atoms with van der Waals surface area (Å²) >= 11 is 12.7. The van der Waals surface area contributed by atoms with E-state index in [0.29, 0.717) is 5.56 Å². The van der Waals surface area contributed by atoms with Crippen molar-refractivity contribution in [3.8, 4) is 0 Å². The SMILES string of the molecule is C[C@@H](NC(=O)c1ccc(NS(=O)(=O)c2cc(Cl)sc2Cl)cc1)c1ccc(F)cc1. The predicted octanol–water partition coefficient (Wildman–Crippen LogP) is 5.49. The highest BCUT2D eigenvalue weighted by Crippen LogP contribution is 2.35. The molecule has 0 aliphatic heterocycles. The first-order chi connectivity index (χ1) is 13.7. The van der Waals surface area contributed by atoms with Crippen molar-refractivity contribution < 1.29 is 17.6 Å². The lowest BCUT2D eigenvalue weighted by Gasteiger charge is -2.14. The largest absolute Gasteiger partial charge is 0.346 e. The molecule has 1 aromatic heterocycles. The molecule has 3 aromatic rings. The van der Waals surface area contributed by atoms with Gasteiger partial charge in [-0.1, -0.05) is 35.3 Å². The number of carbonyl (C=O) groups is 1. The van der Waals surface area contributed by atoms with Gasteiger partial charge < -0.3 is 5.32 Å². The lowest BCUT2D eigenvalue weighted by molar-refractivity contribution is 0.0940. The molecule has 5 nitrogen and oxygen atoms in total. The summed E-state index contributed by atoms with van der Waals surface area (Å²) in [4.78, 5) is 12.3. The maximum atomic E-state index is 13.0. The number of hydrogen-bond donors (Lipinski definition) is 2. The van der Waals surface area contributed by atoms with Gasteiger partial charge in [-0.25, -0.2) is 12.8 Å². The van der Waals surface area contributed by atoms with Crippen LogP contribution in [0.25, 0.3) is 0 Å². The summed E-state index contributed by atoms with van der Waals surface area (Å²) in [5.41, 5.74) is 1.38. The van der Waals surface area contributed by atoms with Crippen molar-refractivity contribution in [3.63, 3.8) is 0 Å². The number of amides is 1. The van der Waals surface area contributed by atoms with Gasteiger partial charge in [0.05, 0.1) is 10.4 Å². The van der Waals surface area contributed by atoms with E-state index in [1.165, 1.54) is 42.5 Å². The fraction of sp³-hybridized carbons (Fsp3) is 0.105. The molecule has 0 radical (unpaired) electrons. The van der Waals surface area contributed by atoms with Crippen molar-refractivity contribution in [2.45, 2.75) is 17.9 Å². The third-order valence-electron chi connectivity index (χ3n) is 4.03. The number of hydrogen-bond acceptors (Lipinski definition) is 4. The minimum atomic E-state index is -3.90. The zero-order valence-corrected chi connectivity index (χ0v) is 18.1. The van der Waals surface area contributed by atoms with E-state index < -0.39 is 10.0 Å². The molecule has 2 N–H and O–H groups in total. The minimum Gasteiger partial charge on any atom is -0.346 e. The highest BCUT2D eigenvalue weighted by molar-refractivity contribution is 7.93. The van der Waals surface area contributed by atoms with E-state index in [0.717, 1.165) is 16.9 Å². The molecule has 152 valence electrons. The zero-order valence-electron chi connectivity index (χ0n) is 14.9. The molecule has 0 aliphatic rings. The molecule has 3 rings (SSSR count). The molecule has 0 fully saturated rings. The summed E-state index contributed by atoms with van der Waals surface area (Å²) < 4.78 is 40.6. The summed E-state index contributed by atoms with van der Waals surface area (Å²) in [5.74, 6) is -0.694. The summed E-state index contributed by atoms with van der Waals surface area (Å²) in [6, 6.07) is 12.7. The van der Waals surface area contributed by atoms with Crippen LogP contribution in [0.4, 0.5) is 10.1 Å². The molecule has 0 saturated heterocycles. The Morgan fingerprint density at radius 1 is 1.07 bits per heavy atom. The Hall–Kier alpha value is -2.13. The fourth-order valence-electron chi connectivity index (χ4n) is 2.52. The van der Waals surface area contributed by atoms with Crippen molar-refractivity contribution in [3.05, 3.63) is 80.2 Å². The zero-order chi connectivity index (χ0) is 21.2. The van der Waals surface area contributed by atoms with Gasteiger partial charge in [-0.05, 0) is 55.0 Å². The molecule has 10 heteroatoms. The number of sulfonamides is 1. The highest BCUT2D eigenvalue weighted by atomic mass is 35.5. The van der Waals surface area contributed by atoms with Crippen LogP contribution in [-0.4, -0.2) is 14.3 Å². The van der Waals surface area contributed by atoms with Gasteiger partial charge >= 0.3 is 0 Å². The molecule has 29 heavy (non-hydrogen) atoms. The van der Waals surface area contributed by atoms with Crippen LogP contribution < -0.4 is 10.0 Å². The number of rotatable bonds is 6. The van der Waals surface area contributed by atoms with Crippen LogP contribution in [0.1, 0.15) is 28.9 Å². The third-order valence-corrected chi connectivity index (χ3v) is 7.17. The highest BCUT2D eigenvalue weighted by Gasteiger charge is 2.21. The van der Waals surface area contributed by atoms with Crippen LogP contribution in [0, 0.1) is 5.82 Å². The number of nitrogens with one attached hydrogen (secondary N) is 2. The molecule has 0 bridgehead atoms. The maximum Gasteiger partial charge on any atom is 0.264 e. The molecule has 0 saturated carbocycles. The topological polar surface area (TPSA) is 75.3 Å². The van der Waals surface area contributed by atoms with Gasteiger partial charge in [0.25, 0.3) is 15.9 Å². The molecular weight excluding hydrogens is 458 g/mol. The van der Waals surface area contributed by atoms with Gasteiger partial charge in [-0.2, -0.15) is 0 Å². The second-order valence-electron chi connectivity index (χ2n) is 6.12. The fourth-order valence-corrected chi connectivity index (χ4v) is 5.73. The molecule has 1 amide bonds. The first kappa shape index (κ1) is 21.6. The number of thiophene rings is 1. The van der Waals surface area contributed by atoms with Crippen LogP contribution >= 0.6 is 34.5 Å². The van der Waals surface area contributed by atoms with E-state index in [2.05, 4.69) is 10.0 Å². The molecule has 0 spiro atoms. The van der Waals surface area contributed by atoms with Crippen molar-refractivity contribution >= 4 is 56.2 Å². The maximum absolute atomic E-state index is 13.0. The number of carbonyl (C=O) groups excluding carboxylic acids is 1. The second-order valence-corrected chi connectivity index (χ2v) is 10.1. The Balaban J connectivity index is 1.68. The van der Waals surface area contributed by atoms with Crippen LogP contribution in [0.5, 0.6) is 0 Å². The average Bonchev–Trinajstić information content (AvgIpc) is 3.01. The van der Waals surface area contributed by atoms with Gasteiger partial charge in [-0.15, -0.1) is 11.3 Å². The van der Waals surface area contributed by atoms with Gasteiger partial charge in [-0.3, -0.25) is 9.52 Å². The summed E-state index contributed by atoms with van der Waals surface area (Å²) in [5, 5.41) is 2.80. The van der Waals surface area contributed by atoms with Crippen molar-refractivity contribution in [1.82, 2.24) is 5.32 Å². The summed E-state index contributed by atoms with van der Waals surface area (Å²) in [6.07, 6.45) is 0. The average molecular weight is 473 g/mol. The van der Waals surface area contributed by atoms with E-state index in [4.69, 9.17) is 23.2 Å². The standard InChI is InChI=1S/C19H15Cl2FN2O3S2/c1-11(12-2-6-14(22)7-3-12)23-19(25)13-4-8-15(9-5-13)24-29(26,27)16-10-17(20)28-18(16)21/h2-11,24H,1H3,(H,23,25)/t11-/m1/s1. The second kappa shape index (κ2) is 8.71. The number of anilines is 1.